The largest absolute Gasteiger partial charge is 0.366 e. The van der Waals surface area contributed by atoms with E-state index in [1.165, 1.54) is 5.56 Å². The number of primary amides is 1. The van der Waals surface area contributed by atoms with Gasteiger partial charge in [-0.2, -0.15) is 0 Å². The molecule has 4 nitrogen and oxygen atoms in total. The highest BCUT2D eigenvalue weighted by molar-refractivity contribution is 5.97. The molecule has 0 radical (unpaired) electrons. The van der Waals surface area contributed by atoms with Crippen molar-refractivity contribution in [2.24, 2.45) is 5.73 Å². The predicted molar refractivity (Wildman–Crippen MR) is 82.2 cm³/mol. The standard InChI is InChI=1S/C17H18N2O2/c1-12(13-5-3-2-4-6-13)11-19-17(21)15-9-7-14(8-10-15)16(18)20/h2-10,12H,11H2,1H3,(H2,18,20)(H,19,21)/t12-/m0/s1. The Kier molecular flexibility index (Phi) is 4.72. The molecule has 0 spiro atoms. The van der Waals surface area contributed by atoms with E-state index in [1.807, 2.05) is 30.3 Å². The molecule has 2 aromatic rings. The van der Waals surface area contributed by atoms with E-state index in [-0.39, 0.29) is 11.8 Å². The van der Waals surface area contributed by atoms with E-state index < -0.39 is 5.91 Å². The molecule has 0 aromatic heterocycles. The first-order chi connectivity index (χ1) is 10.1. The number of carbonyl (C=O) groups is 2. The van der Waals surface area contributed by atoms with Crippen LogP contribution in [0, 0.1) is 0 Å². The first-order valence-corrected chi connectivity index (χ1v) is 6.81. The van der Waals surface area contributed by atoms with Gasteiger partial charge in [0, 0.05) is 17.7 Å². The normalized spacial score (nSPS) is 11.7. The van der Waals surface area contributed by atoms with Crippen molar-refractivity contribution < 1.29 is 9.59 Å². The third-order valence-corrected chi connectivity index (χ3v) is 3.37. The van der Waals surface area contributed by atoms with Crippen molar-refractivity contribution in [3.8, 4) is 0 Å². The topological polar surface area (TPSA) is 72.2 Å². The van der Waals surface area contributed by atoms with Crippen LogP contribution in [-0.4, -0.2) is 18.4 Å². The average Bonchev–Trinajstić information content (AvgIpc) is 2.53. The maximum absolute atomic E-state index is 12.0. The molecule has 21 heavy (non-hydrogen) atoms. The van der Waals surface area contributed by atoms with Crippen LogP contribution in [0.1, 0.15) is 39.1 Å². The predicted octanol–water partition coefficient (Wildman–Crippen LogP) is 2.32. The Morgan fingerprint density at radius 1 is 1.00 bits per heavy atom. The summed E-state index contributed by atoms with van der Waals surface area (Å²) in [5.74, 6) is -0.423. The molecule has 1 atom stereocenters. The van der Waals surface area contributed by atoms with Crippen molar-refractivity contribution in [3.05, 3.63) is 71.3 Å². The van der Waals surface area contributed by atoms with E-state index in [0.29, 0.717) is 17.7 Å². The lowest BCUT2D eigenvalue weighted by atomic mass is 10.0. The van der Waals surface area contributed by atoms with Crippen LogP contribution in [0.2, 0.25) is 0 Å². The lowest BCUT2D eigenvalue weighted by Gasteiger charge is -2.13. The summed E-state index contributed by atoms with van der Waals surface area (Å²) in [7, 11) is 0. The van der Waals surface area contributed by atoms with Gasteiger partial charge in [0.05, 0.1) is 0 Å². The molecule has 0 aliphatic carbocycles. The number of hydrogen-bond acceptors (Lipinski definition) is 2. The fourth-order valence-corrected chi connectivity index (χ4v) is 2.03. The molecule has 0 unspecified atom stereocenters. The SMILES string of the molecule is C[C@@H](CNC(=O)c1ccc(C(N)=O)cc1)c1ccccc1. The zero-order valence-electron chi connectivity index (χ0n) is 11.9. The van der Waals surface area contributed by atoms with Gasteiger partial charge in [-0.1, -0.05) is 37.3 Å². The second-order valence-corrected chi connectivity index (χ2v) is 4.96. The first-order valence-electron chi connectivity index (χ1n) is 6.81. The minimum absolute atomic E-state index is 0.159. The fraction of sp³-hybridized carbons (Fsp3) is 0.176. The Bertz CT molecular complexity index is 621. The van der Waals surface area contributed by atoms with E-state index in [4.69, 9.17) is 5.73 Å². The average molecular weight is 282 g/mol. The molecule has 0 aliphatic heterocycles. The van der Waals surface area contributed by atoms with E-state index in [1.54, 1.807) is 24.3 Å². The molecule has 2 rings (SSSR count). The molecule has 2 aromatic carbocycles. The first kappa shape index (κ1) is 14.8. The van der Waals surface area contributed by atoms with Gasteiger partial charge in [0.2, 0.25) is 5.91 Å². The van der Waals surface area contributed by atoms with Gasteiger partial charge in [-0.25, -0.2) is 0 Å². The lowest BCUT2D eigenvalue weighted by Crippen LogP contribution is -2.27. The molecular weight excluding hydrogens is 264 g/mol. The highest BCUT2D eigenvalue weighted by Crippen LogP contribution is 2.13. The summed E-state index contributed by atoms with van der Waals surface area (Å²) in [6, 6.07) is 16.3. The molecule has 0 saturated heterocycles. The van der Waals surface area contributed by atoms with Crippen LogP contribution >= 0.6 is 0 Å². The van der Waals surface area contributed by atoms with Crippen LogP contribution in [0.4, 0.5) is 0 Å². The van der Waals surface area contributed by atoms with E-state index in [9.17, 15) is 9.59 Å². The Morgan fingerprint density at radius 3 is 2.14 bits per heavy atom. The molecule has 0 aliphatic rings. The summed E-state index contributed by atoms with van der Waals surface area (Å²) < 4.78 is 0. The van der Waals surface area contributed by atoms with Gasteiger partial charge in [0.1, 0.15) is 0 Å². The molecule has 3 N–H and O–H groups in total. The van der Waals surface area contributed by atoms with Crippen LogP contribution in [0.25, 0.3) is 0 Å². The molecule has 0 heterocycles. The van der Waals surface area contributed by atoms with Crippen molar-refractivity contribution in [2.45, 2.75) is 12.8 Å². The molecule has 4 heteroatoms. The molecule has 0 bridgehead atoms. The van der Waals surface area contributed by atoms with E-state index in [0.717, 1.165) is 0 Å². The number of benzene rings is 2. The monoisotopic (exact) mass is 282 g/mol. The van der Waals surface area contributed by atoms with Gasteiger partial charge in [-0.3, -0.25) is 9.59 Å². The second-order valence-electron chi connectivity index (χ2n) is 4.96. The third-order valence-electron chi connectivity index (χ3n) is 3.37. The van der Waals surface area contributed by atoms with Crippen LogP contribution < -0.4 is 11.1 Å². The molecule has 108 valence electrons. The van der Waals surface area contributed by atoms with Crippen molar-refractivity contribution in [2.75, 3.05) is 6.54 Å². The maximum Gasteiger partial charge on any atom is 0.251 e. The molecule has 2 amide bonds. The third kappa shape index (κ3) is 3.92. The van der Waals surface area contributed by atoms with Crippen LogP contribution in [-0.2, 0) is 0 Å². The summed E-state index contributed by atoms with van der Waals surface area (Å²) >= 11 is 0. The lowest BCUT2D eigenvalue weighted by molar-refractivity contribution is 0.0949. The van der Waals surface area contributed by atoms with Gasteiger partial charge in [0.15, 0.2) is 0 Å². The van der Waals surface area contributed by atoms with E-state index >= 15 is 0 Å². The van der Waals surface area contributed by atoms with Crippen molar-refractivity contribution in [1.82, 2.24) is 5.32 Å². The van der Waals surface area contributed by atoms with Crippen molar-refractivity contribution in [1.29, 1.82) is 0 Å². The van der Waals surface area contributed by atoms with Crippen LogP contribution in [0.3, 0.4) is 0 Å². The van der Waals surface area contributed by atoms with Crippen molar-refractivity contribution >= 4 is 11.8 Å². The molecule has 0 fully saturated rings. The summed E-state index contributed by atoms with van der Waals surface area (Å²) in [5, 5.41) is 2.89. The Labute approximate surface area is 124 Å². The minimum Gasteiger partial charge on any atom is -0.366 e. The van der Waals surface area contributed by atoms with Gasteiger partial charge < -0.3 is 11.1 Å². The van der Waals surface area contributed by atoms with E-state index in [2.05, 4.69) is 12.2 Å². The number of nitrogens with two attached hydrogens (primary N) is 1. The Morgan fingerprint density at radius 2 is 1.57 bits per heavy atom. The zero-order chi connectivity index (χ0) is 15.2. The highest BCUT2D eigenvalue weighted by atomic mass is 16.2. The highest BCUT2D eigenvalue weighted by Gasteiger charge is 2.10. The van der Waals surface area contributed by atoms with Gasteiger partial charge >= 0.3 is 0 Å². The van der Waals surface area contributed by atoms with Crippen molar-refractivity contribution in [3.63, 3.8) is 0 Å². The number of hydrogen-bond donors (Lipinski definition) is 2. The smallest absolute Gasteiger partial charge is 0.251 e. The number of nitrogens with one attached hydrogen (secondary N) is 1. The molecule has 0 saturated carbocycles. The minimum atomic E-state index is -0.500. The second kappa shape index (κ2) is 6.70. The zero-order valence-corrected chi connectivity index (χ0v) is 11.9. The van der Waals surface area contributed by atoms with Gasteiger partial charge in [-0.15, -0.1) is 0 Å². The number of amides is 2. The maximum atomic E-state index is 12.0. The van der Waals surface area contributed by atoms with Gasteiger partial charge in [-0.05, 0) is 35.7 Å². The molecular formula is C17H18N2O2. The van der Waals surface area contributed by atoms with Gasteiger partial charge in [0.25, 0.3) is 5.91 Å². The fourth-order valence-electron chi connectivity index (χ4n) is 2.03. The number of carbonyl (C=O) groups excluding carboxylic acids is 2. The van der Waals surface area contributed by atoms with Crippen LogP contribution in [0.15, 0.2) is 54.6 Å². The Balaban J connectivity index is 1.94. The number of rotatable bonds is 5. The summed E-state index contributed by atoms with van der Waals surface area (Å²) in [5.41, 5.74) is 7.25. The summed E-state index contributed by atoms with van der Waals surface area (Å²) in [4.78, 5) is 23.0. The summed E-state index contributed by atoms with van der Waals surface area (Å²) in [6.07, 6.45) is 0. The van der Waals surface area contributed by atoms with Crippen LogP contribution in [0.5, 0.6) is 0 Å². The summed E-state index contributed by atoms with van der Waals surface area (Å²) in [6.45, 7) is 2.62. The quantitative estimate of drug-likeness (QED) is 0.883. The Hall–Kier alpha value is -2.62.